The number of carbonyl (C=O) groups excluding carboxylic acids is 1. The second-order valence-electron chi connectivity index (χ2n) is 5.23. The molecule has 0 fully saturated rings. The molecule has 1 aromatic heterocycles. The number of ketones is 1. The van der Waals surface area contributed by atoms with Crippen molar-refractivity contribution in [2.24, 2.45) is 0 Å². The van der Waals surface area contributed by atoms with E-state index in [1.165, 1.54) is 6.26 Å². The van der Waals surface area contributed by atoms with Gasteiger partial charge < -0.3 is 9.52 Å². The minimum absolute atomic E-state index is 0.0891. The summed E-state index contributed by atoms with van der Waals surface area (Å²) in [7, 11) is 0. The van der Waals surface area contributed by atoms with Gasteiger partial charge in [-0.15, -0.1) is 0 Å². The van der Waals surface area contributed by atoms with Crippen molar-refractivity contribution in [2.75, 3.05) is 0 Å². The van der Waals surface area contributed by atoms with Gasteiger partial charge in [-0.05, 0) is 48.5 Å². The molecule has 122 valence electrons. The maximum atomic E-state index is 12.2. The fourth-order valence-corrected chi connectivity index (χ4v) is 2.45. The van der Waals surface area contributed by atoms with Crippen molar-refractivity contribution in [3.05, 3.63) is 76.1 Å². The van der Waals surface area contributed by atoms with E-state index in [1.807, 2.05) is 0 Å². The number of rotatable bonds is 5. The van der Waals surface area contributed by atoms with Gasteiger partial charge in [-0.25, -0.2) is 4.98 Å². The number of hydrogen-bond acceptors (Lipinski definition) is 4. The van der Waals surface area contributed by atoms with Crippen LogP contribution in [0.25, 0.3) is 11.5 Å². The predicted molar refractivity (Wildman–Crippen MR) is 92.3 cm³/mol. The summed E-state index contributed by atoms with van der Waals surface area (Å²) in [4.78, 5) is 16.4. The zero-order valence-corrected chi connectivity index (χ0v) is 14.0. The van der Waals surface area contributed by atoms with Crippen molar-refractivity contribution in [2.45, 2.75) is 12.5 Å². The number of aromatic nitrogens is 1. The molecule has 0 aliphatic heterocycles. The average molecular weight is 362 g/mol. The molecule has 1 unspecified atom stereocenters. The Morgan fingerprint density at radius 2 is 1.62 bits per heavy atom. The summed E-state index contributed by atoms with van der Waals surface area (Å²) < 4.78 is 5.37. The number of halogens is 2. The van der Waals surface area contributed by atoms with Gasteiger partial charge >= 0.3 is 0 Å². The lowest BCUT2D eigenvalue weighted by Gasteiger charge is -2.06. The molecular weight excluding hydrogens is 349 g/mol. The van der Waals surface area contributed by atoms with E-state index >= 15 is 0 Å². The maximum absolute atomic E-state index is 12.2. The van der Waals surface area contributed by atoms with Crippen LogP contribution in [-0.4, -0.2) is 15.9 Å². The van der Waals surface area contributed by atoms with E-state index in [2.05, 4.69) is 4.98 Å². The van der Waals surface area contributed by atoms with Crippen LogP contribution in [0.3, 0.4) is 0 Å². The number of benzene rings is 2. The summed E-state index contributed by atoms with van der Waals surface area (Å²) in [5, 5.41) is 11.4. The number of carbonyl (C=O) groups is 1. The van der Waals surface area contributed by atoms with Crippen LogP contribution in [0.5, 0.6) is 0 Å². The summed E-state index contributed by atoms with van der Waals surface area (Å²) in [6.07, 6.45) is 0.218. The highest BCUT2D eigenvalue weighted by Gasteiger charge is 2.19. The van der Waals surface area contributed by atoms with Crippen LogP contribution in [0.4, 0.5) is 0 Å². The third kappa shape index (κ3) is 3.85. The lowest BCUT2D eigenvalue weighted by atomic mass is 10.0. The Kier molecular flexibility index (Phi) is 5.00. The van der Waals surface area contributed by atoms with Crippen molar-refractivity contribution in [1.82, 2.24) is 4.98 Å². The molecule has 1 N–H and O–H groups in total. The van der Waals surface area contributed by atoms with Crippen molar-refractivity contribution in [1.29, 1.82) is 0 Å². The first kappa shape index (κ1) is 16.7. The van der Waals surface area contributed by atoms with E-state index in [0.717, 1.165) is 5.56 Å². The Balaban J connectivity index is 1.71. The SMILES string of the molecule is O=C(CC(O)c1coc(-c2ccc(Cl)cc2)n1)c1ccc(Cl)cc1. The van der Waals surface area contributed by atoms with Crippen LogP contribution in [0.2, 0.25) is 10.0 Å². The molecule has 0 aliphatic rings. The Bertz CT molecular complexity index is 841. The first-order chi connectivity index (χ1) is 11.5. The number of hydrogen-bond donors (Lipinski definition) is 1. The van der Waals surface area contributed by atoms with Gasteiger partial charge in [0.1, 0.15) is 18.1 Å². The fourth-order valence-electron chi connectivity index (χ4n) is 2.20. The van der Waals surface area contributed by atoms with E-state index in [9.17, 15) is 9.90 Å². The third-order valence-electron chi connectivity index (χ3n) is 3.50. The fraction of sp³-hybridized carbons (Fsp3) is 0.111. The van der Waals surface area contributed by atoms with Crippen molar-refractivity contribution >= 4 is 29.0 Å². The van der Waals surface area contributed by atoms with Crippen LogP contribution >= 0.6 is 23.2 Å². The molecule has 6 heteroatoms. The Morgan fingerprint density at radius 3 is 2.25 bits per heavy atom. The smallest absolute Gasteiger partial charge is 0.226 e. The van der Waals surface area contributed by atoms with Gasteiger partial charge in [0.15, 0.2) is 5.78 Å². The van der Waals surface area contributed by atoms with E-state index in [1.54, 1.807) is 48.5 Å². The third-order valence-corrected chi connectivity index (χ3v) is 4.00. The number of oxazole rings is 1. The molecule has 0 amide bonds. The van der Waals surface area contributed by atoms with E-state index in [0.29, 0.717) is 27.2 Å². The van der Waals surface area contributed by atoms with Crippen LogP contribution in [-0.2, 0) is 0 Å². The summed E-state index contributed by atoms with van der Waals surface area (Å²) in [6, 6.07) is 13.5. The summed E-state index contributed by atoms with van der Waals surface area (Å²) in [6.45, 7) is 0. The highest BCUT2D eigenvalue weighted by Crippen LogP contribution is 2.25. The van der Waals surface area contributed by atoms with Crippen LogP contribution in [0.1, 0.15) is 28.6 Å². The molecule has 0 aliphatic carbocycles. The zero-order valence-electron chi connectivity index (χ0n) is 12.4. The number of aliphatic hydroxyl groups excluding tert-OH is 1. The molecule has 24 heavy (non-hydrogen) atoms. The van der Waals surface area contributed by atoms with Crippen LogP contribution < -0.4 is 0 Å². The molecule has 0 spiro atoms. The molecule has 0 saturated carbocycles. The normalized spacial score (nSPS) is 12.1. The molecule has 0 radical (unpaired) electrons. The molecule has 0 saturated heterocycles. The monoisotopic (exact) mass is 361 g/mol. The average Bonchev–Trinajstić information content (AvgIpc) is 3.06. The van der Waals surface area contributed by atoms with Gasteiger partial charge in [-0.3, -0.25) is 4.79 Å². The second kappa shape index (κ2) is 7.18. The molecule has 3 rings (SSSR count). The van der Waals surface area contributed by atoms with Gasteiger partial charge in [0.25, 0.3) is 0 Å². The zero-order chi connectivity index (χ0) is 17.1. The van der Waals surface area contributed by atoms with Crippen LogP contribution in [0.15, 0.2) is 59.2 Å². The Labute approximate surface area is 148 Å². The van der Waals surface area contributed by atoms with Gasteiger partial charge in [0, 0.05) is 27.6 Å². The maximum Gasteiger partial charge on any atom is 0.226 e. The van der Waals surface area contributed by atoms with Gasteiger partial charge in [0.05, 0.1) is 0 Å². The lowest BCUT2D eigenvalue weighted by Crippen LogP contribution is -2.07. The Hall–Kier alpha value is -2.14. The van der Waals surface area contributed by atoms with Gasteiger partial charge in [-0.2, -0.15) is 0 Å². The van der Waals surface area contributed by atoms with Gasteiger partial charge in [-0.1, -0.05) is 23.2 Å². The summed E-state index contributed by atoms with van der Waals surface area (Å²) >= 11 is 11.6. The molecule has 3 aromatic rings. The minimum atomic E-state index is -1.04. The van der Waals surface area contributed by atoms with Gasteiger partial charge in [0.2, 0.25) is 5.89 Å². The lowest BCUT2D eigenvalue weighted by molar-refractivity contribution is 0.0874. The van der Waals surface area contributed by atoms with Crippen molar-refractivity contribution in [3.8, 4) is 11.5 Å². The number of Topliss-reactive ketones (excluding diaryl/α,β-unsaturated/α-hetero) is 1. The Morgan fingerprint density at radius 1 is 1.04 bits per heavy atom. The first-order valence-electron chi connectivity index (χ1n) is 7.21. The molecule has 2 aromatic carbocycles. The quantitative estimate of drug-likeness (QED) is 0.652. The highest BCUT2D eigenvalue weighted by molar-refractivity contribution is 6.30. The molecule has 1 atom stereocenters. The largest absolute Gasteiger partial charge is 0.444 e. The number of aliphatic hydroxyl groups is 1. The molecule has 4 nitrogen and oxygen atoms in total. The molecular formula is C18H13Cl2NO3. The standard InChI is InChI=1S/C18H13Cl2NO3/c19-13-5-1-11(2-6-13)16(22)9-17(23)15-10-24-18(21-15)12-3-7-14(20)8-4-12/h1-8,10,17,23H,9H2. The van der Waals surface area contributed by atoms with Crippen molar-refractivity contribution < 1.29 is 14.3 Å². The van der Waals surface area contributed by atoms with E-state index in [-0.39, 0.29) is 12.2 Å². The molecule has 0 bridgehead atoms. The number of nitrogens with zero attached hydrogens (tertiary/aromatic N) is 1. The minimum Gasteiger partial charge on any atom is -0.444 e. The first-order valence-corrected chi connectivity index (χ1v) is 7.97. The van der Waals surface area contributed by atoms with E-state index < -0.39 is 6.10 Å². The molecule has 1 heterocycles. The second-order valence-corrected chi connectivity index (χ2v) is 6.11. The summed E-state index contributed by atoms with van der Waals surface area (Å²) in [5.74, 6) is 0.162. The predicted octanol–water partition coefficient (Wildman–Crippen LogP) is 4.95. The highest BCUT2D eigenvalue weighted by atomic mass is 35.5. The van der Waals surface area contributed by atoms with Crippen molar-refractivity contribution in [3.63, 3.8) is 0 Å². The summed E-state index contributed by atoms with van der Waals surface area (Å²) in [5.41, 5.74) is 1.53. The van der Waals surface area contributed by atoms with E-state index in [4.69, 9.17) is 27.6 Å². The topological polar surface area (TPSA) is 63.3 Å². The van der Waals surface area contributed by atoms with Crippen LogP contribution in [0, 0.1) is 0 Å².